The molecule has 2 saturated heterocycles. The molecule has 2 fully saturated rings. The Morgan fingerprint density at radius 2 is 1.76 bits per heavy atom. The van der Waals surface area contributed by atoms with E-state index in [4.69, 9.17) is 13.9 Å². The highest BCUT2D eigenvalue weighted by atomic mass is 32.2. The molecule has 1 atom stereocenters. The van der Waals surface area contributed by atoms with E-state index in [0.29, 0.717) is 58.3 Å². The van der Waals surface area contributed by atoms with Crippen molar-refractivity contribution in [3.63, 3.8) is 0 Å². The third kappa shape index (κ3) is 5.74. The lowest BCUT2D eigenvalue weighted by Crippen LogP contribution is -2.40. The molecule has 0 unspecified atom stereocenters. The third-order valence-corrected chi connectivity index (χ3v) is 7.64. The van der Waals surface area contributed by atoms with Crippen molar-refractivity contribution in [1.29, 1.82) is 0 Å². The number of sulfonamides is 1. The molecule has 1 aromatic carbocycles. The van der Waals surface area contributed by atoms with Crippen LogP contribution in [0, 0.1) is 0 Å². The van der Waals surface area contributed by atoms with E-state index in [2.05, 4.69) is 15.5 Å². The van der Waals surface area contributed by atoms with Crippen LogP contribution in [0.15, 0.2) is 45.9 Å². The van der Waals surface area contributed by atoms with Crippen LogP contribution in [0.4, 0.5) is 11.4 Å². The van der Waals surface area contributed by atoms with E-state index in [1.54, 1.807) is 30.5 Å². The molecule has 180 valence electrons. The van der Waals surface area contributed by atoms with Gasteiger partial charge in [0.25, 0.3) is 0 Å². The minimum Gasteiger partial charge on any atom is -0.468 e. The number of rotatable bonds is 8. The molecule has 1 aromatic heterocycles. The van der Waals surface area contributed by atoms with Gasteiger partial charge in [0.15, 0.2) is 0 Å². The van der Waals surface area contributed by atoms with E-state index < -0.39 is 10.0 Å². The molecule has 10 nitrogen and oxygen atoms in total. The summed E-state index contributed by atoms with van der Waals surface area (Å²) in [4.78, 5) is 15.0. The predicted molar refractivity (Wildman–Crippen MR) is 123 cm³/mol. The molecule has 4 rings (SSSR count). The Bertz CT molecular complexity index is 1030. The summed E-state index contributed by atoms with van der Waals surface area (Å²) in [5.41, 5.74) is 1.23. The van der Waals surface area contributed by atoms with Crippen LogP contribution in [-0.4, -0.2) is 77.8 Å². The van der Waals surface area contributed by atoms with Gasteiger partial charge in [-0.15, -0.1) is 0 Å². The molecule has 0 aliphatic carbocycles. The summed E-state index contributed by atoms with van der Waals surface area (Å²) in [7, 11) is -3.69. The van der Waals surface area contributed by atoms with Crippen molar-refractivity contribution in [3.8, 4) is 0 Å². The molecule has 33 heavy (non-hydrogen) atoms. The first-order valence-corrected chi connectivity index (χ1v) is 12.5. The Hall–Kier alpha value is -2.44. The van der Waals surface area contributed by atoms with Gasteiger partial charge in [-0.05, 0) is 37.3 Å². The van der Waals surface area contributed by atoms with Crippen LogP contribution < -0.4 is 15.5 Å². The summed E-state index contributed by atoms with van der Waals surface area (Å²) >= 11 is 0. The van der Waals surface area contributed by atoms with Crippen LogP contribution in [0.5, 0.6) is 0 Å². The van der Waals surface area contributed by atoms with Crippen LogP contribution in [0.2, 0.25) is 0 Å². The first-order chi connectivity index (χ1) is 15.9. The highest BCUT2D eigenvalue weighted by Crippen LogP contribution is 2.31. The van der Waals surface area contributed by atoms with E-state index >= 15 is 0 Å². The van der Waals surface area contributed by atoms with Crippen molar-refractivity contribution in [3.05, 3.63) is 42.4 Å². The summed E-state index contributed by atoms with van der Waals surface area (Å²) in [6, 6.07) is 8.39. The van der Waals surface area contributed by atoms with Crippen molar-refractivity contribution < 1.29 is 27.1 Å². The first-order valence-electron chi connectivity index (χ1n) is 11.1. The number of benzene rings is 1. The number of nitrogens with one attached hydrogen (secondary N) is 2. The topological polar surface area (TPSA) is 113 Å². The summed E-state index contributed by atoms with van der Waals surface area (Å²) in [6.07, 6.45) is 1.59. The lowest BCUT2D eigenvalue weighted by atomic mass is 10.2. The molecular weight excluding hydrogens is 448 g/mol. The molecule has 0 bridgehead atoms. The Morgan fingerprint density at radius 3 is 2.42 bits per heavy atom. The average molecular weight is 479 g/mol. The largest absolute Gasteiger partial charge is 0.468 e. The third-order valence-electron chi connectivity index (χ3n) is 5.74. The smallest absolute Gasteiger partial charge is 0.243 e. The van der Waals surface area contributed by atoms with Gasteiger partial charge in [0.2, 0.25) is 15.9 Å². The van der Waals surface area contributed by atoms with Crippen LogP contribution in [-0.2, 0) is 24.3 Å². The Labute approximate surface area is 193 Å². The van der Waals surface area contributed by atoms with E-state index in [1.807, 2.05) is 13.0 Å². The highest BCUT2D eigenvalue weighted by Gasteiger charge is 2.28. The van der Waals surface area contributed by atoms with Crippen LogP contribution in [0.1, 0.15) is 18.7 Å². The average Bonchev–Trinajstić information content (AvgIpc) is 3.39. The molecule has 2 aliphatic rings. The molecule has 2 N–H and O–H groups in total. The van der Waals surface area contributed by atoms with Gasteiger partial charge in [0.05, 0.1) is 61.5 Å². The molecular formula is C22H30N4O6S. The second kappa shape index (κ2) is 10.7. The van der Waals surface area contributed by atoms with E-state index in [-0.39, 0.29) is 23.4 Å². The number of morpholine rings is 2. The monoisotopic (exact) mass is 478 g/mol. The molecule has 0 radical (unpaired) electrons. The van der Waals surface area contributed by atoms with Gasteiger partial charge < -0.3 is 24.1 Å². The van der Waals surface area contributed by atoms with Gasteiger partial charge in [-0.25, -0.2) is 8.42 Å². The fourth-order valence-corrected chi connectivity index (χ4v) is 5.30. The van der Waals surface area contributed by atoms with Gasteiger partial charge in [-0.2, -0.15) is 4.31 Å². The molecule has 3 heterocycles. The molecule has 11 heteroatoms. The number of nitrogens with zero attached hydrogens (tertiary/aromatic N) is 2. The van der Waals surface area contributed by atoms with Gasteiger partial charge in [0, 0.05) is 26.2 Å². The van der Waals surface area contributed by atoms with Crippen molar-refractivity contribution >= 4 is 27.3 Å². The Kier molecular flexibility index (Phi) is 7.66. The van der Waals surface area contributed by atoms with E-state index in [0.717, 1.165) is 11.4 Å². The zero-order valence-corrected chi connectivity index (χ0v) is 19.5. The van der Waals surface area contributed by atoms with E-state index in [9.17, 15) is 13.2 Å². The first kappa shape index (κ1) is 23.7. The maximum Gasteiger partial charge on any atom is 0.243 e. The molecule has 0 spiro atoms. The Morgan fingerprint density at radius 1 is 1.06 bits per heavy atom. The fraction of sp³-hybridized carbons (Fsp3) is 0.500. The van der Waals surface area contributed by atoms with Crippen LogP contribution in [0.3, 0.4) is 0 Å². The minimum atomic E-state index is -3.69. The number of hydrogen-bond donors (Lipinski definition) is 2. The van der Waals surface area contributed by atoms with Crippen LogP contribution in [0.25, 0.3) is 0 Å². The molecule has 2 aliphatic heterocycles. The number of amides is 1. The maximum absolute atomic E-state index is 13.2. The molecule has 1 amide bonds. The highest BCUT2D eigenvalue weighted by molar-refractivity contribution is 7.89. The summed E-state index contributed by atoms with van der Waals surface area (Å²) in [6.45, 7) is 5.77. The molecule has 0 saturated carbocycles. The van der Waals surface area contributed by atoms with Crippen molar-refractivity contribution in [1.82, 2.24) is 9.62 Å². The van der Waals surface area contributed by atoms with Crippen molar-refractivity contribution in [2.24, 2.45) is 0 Å². The number of carbonyl (C=O) groups excluding carboxylic acids is 1. The predicted octanol–water partition coefficient (Wildman–Crippen LogP) is 1.43. The number of carbonyl (C=O) groups is 1. The number of hydrogen-bond acceptors (Lipinski definition) is 8. The number of furan rings is 1. The van der Waals surface area contributed by atoms with Crippen LogP contribution >= 0.6 is 0 Å². The number of ether oxygens (including phenoxy) is 2. The maximum atomic E-state index is 13.2. The second-order valence-corrected chi connectivity index (χ2v) is 9.90. The summed E-state index contributed by atoms with van der Waals surface area (Å²) in [5.74, 6) is 0.458. The summed E-state index contributed by atoms with van der Waals surface area (Å²) < 4.78 is 43.8. The Balaban J connectivity index is 1.53. The fourth-order valence-electron chi connectivity index (χ4n) is 3.87. The lowest BCUT2D eigenvalue weighted by Gasteiger charge is -2.31. The van der Waals surface area contributed by atoms with Gasteiger partial charge in [-0.3, -0.25) is 10.1 Å². The quantitative estimate of drug-likeness (QED) is 0.586. The SMILES string of the molecule is C[C@@H](NCC(=O)Nc1cc(S(=O)(=O)N2CCOCC2)ccc1N1CCOCC1)c1ccco1. The van der Waals surface area contributed by atoms with Gasteiger partial charge in [0.1, 0.15) is 5.76 Å². The van der Waals surface area contributed by atoms with E-state index in [1.165, 1.54) is 4.31 Å². The van der Waals surface area contributed by atoms with Gasteiger partial charge in [-0.1, -0.05) is 0 Å². The molecule has 2 aromatic rings. The second-order valence-electron chi connectivity index (χ2n) is 7.96. The van der Waals surface area contributed by atoms with Gasteiger partial charge >= 0.3 is 0 Å². The standard InChI is InChI=1S/C22H30N4O6S/c1-17(21-3-2-10-32-21)23-16-22(27)24-19-15-18(33(28,29)26-8-13-31-14-9-26)4-5-20(19)25-6-11-30-12-7-25/h2-5,10,15,17,23H,6-9,11-14,16H2,1H3,(H,24,27)/t17-/m1/s1. The van der Waals surface area contributed by atoms with Crippen molar-refractivity contribution in [2.45, 2.75) is 17.9 Å². The lowest BCUT2D eigenvalue weighted by molar-refractivity contribution is -0.115. The zero-order chi connectivity index (χ0) is 23.3. The minimum absolute atomic E-state index is 0.0465. The number of anilines is 2. The zero-order valence-electron chi connectivity index (χ0n) is 18.7. The summed E-state index contributed by atoms with van der Waals surface area (Å²) in [5, 5.41) is 6.02. The van der Waals surface area contributed by atoms with Crippen molar-refractivity contribution in [2.75, 3.05) is 69.4 Å². The normalized spacial score (nSPS) is 18.8.